The van der Waals surface area contributed by atoms with Gasteiger partial charge in [0.05, 0.1) is 23.1 Å². The smallest absolute Gasteiger partial charge is 0.254 e. The summed E-state index contributed by atoms with van der Waals surface area (Å²) in [5.74, 6) is 0.516. The Kier molecular flexibility index (Phi) is 6.21. The lowest BCUT2D eigenvalue weighted by Crippen LogP contribution is -2.48. The zero-order valence-corrected chi connectivity index (χ0v) is 15.3. The van der Waals surface area contributed by atoms with Gasteiger partial charge in [0.15, 0.2) is 0 Å². The predicted molar refractivity (Wildman–Crippen MR) is 96.6 cm³/mol. The lowest BCUT2D eigenvalue weighted by Gasteiger charge is -2.27. The predicted octanol–water partition coefficient (Wildman–Crippen LogP) is 2.57. The number of hydrogen-bond acceptors (Lipinski definition) is 3. The fourth-order valence-electron chi connectivity index (χ4n) is 2.53. The standard InChI is InChI=1S/C16H19BrN4O.ClH/c1-2-15-14(16(22)19-9-11-7-18-8-11)10-20-21(15)13-5-3-12(17)4-6-13;/h3-6,10-11,18H,2,7-9H2,1H3,(H,19,22);1H. The van der Waals surface area contributed by atoms with Crippen molar-refractivity contribution in [3.05, 3.63) is 46.2 Å². The molecule has 2 aromatic rings. The molecule has 23 heavy (non-hydrogen) atoms. The van der Waals surface area contributed by atoms with E-state index >= 15 is 0 Å². The van der Waals surface area contributed by atoms with Crippen molar-refractivity contribution >= 4 is 34.2 Å². The van der Waals surface area contributed by atoms with Gasteiger partial charge in [-0.05, 0) is 30.7 Å². The van der Waals surface area contributed by atoms with Gasteiger partial charge in [-0.25, -0.2) is 4.68 Å². The minimum Gasteiger partial charge on any atom is -0.352 e. The first kappa shape index (κ1) is 18.0. The van der Waals surface area contributed by atoms with Crippen molar-refractivity contribution < 1.29 is 4.79 Å². The minimum atomic E-state index is -0.0351. The molecular formula is C16H20BrClN4O. The number of carbonyl (C=O) groups excluding carboxylic acids is 1. The molecule has 3 rings (SSSR count). The fraction of sp³-hybridized carbons (Fsp3) is 0.375. The highest BCUT2D eigenvalue weighted by molar-refractivity contribution is 9.10. The fourth-order valence-corrected chi connectivity index (χ4v) is 2.80. The molecule has 0 spiro atoms. The maximum Gasteiger partial charge on any atom is 0.254 e. The summed E-state index contributed by atoms with van der Waals surface area (Å²) in [5, 5.41) is 10.6. The number of aromatic nitrogens is 2. The van der Waals surface area contributed by atoms with Crippen LogP contribution in [-0.4, -0.2) is 35.3 Å². The zero-order chi connectivity index (χ0) is 15.5. The third kappa shape index (κ3) is 3.94. The molecule has 1 aliphatic heterocycles. The Morgan fingerprint density at radius 2 is 2.09 bits per heavy atom. The lowest BCUT2D eigenvalue weighted by molar-refractivity contribution is 0.0941. The van der Waals surface area contributed by atoms with Crippen LogP contribution in [0, 0.1) is 5.92 Å². The molecule has 1 amide bonds. The Balaban J connectivity index is 0.00000192. The number of benzene rings is 1. The van der Waals surface area contributed by atoms with E-state index in [1.807, 2.05) is 35.9 Å². The highest BCUT2D eigenvalue weighted by atomic mass is 79.9. The Morgan fingerprint density at radius 3 is 2.65 bits per heavy atom. The molecule has 1 saturated heterocycles. The number of nitrogens with zero attached hydrogens (tertiary/aromatic N) is 2. The summed E-state index contributed by atoms with van der Waals surface area (Å²) in [7, 11) is 0. The van der Waals surface area contributed by atoms with E-state index in [0.717, 1.165) is 41.9 Å². The third-order valence-electron chi connectivity index (χ3n) is 3.94. The van der Waals surface area contributed by atoms with Gasteiger partial charge in [0, 0.05) is 30.0 Å². The largest absolute Gasteiger partial charge is 0.352 e. The van der Waals surface area contributed by atoms with E-state index in [-0.39, 0.29) is 18.3 Å². The van der Waals surface area contributed by atoms with Crippen molar-refractivity contribution in [2.75, 3.05) is 19.6 Å². The van der Waals surface area contributed by atoms with Crippen molar-refractivity contribution in [2.45, 2.75) is 13.3 Å². The van der Waals surface area contributed by atoms with Gasteiger partial charge < -0.3 is 10.6 Å². The Hall–Kier alpha value is -1.37. The van der Waals surface area contributed by atoms with Crippen molar-refractivity contribution in [2.24, 2.45) is 5.92 Å². The van der Waals surface area contributed by atoms with Gasteiger partial charge in [0.2, 0.25) is 0 Å². The molecule has 0 aliphatic carbocycles. The summed E-state index contributed by atoms with van der Waals surface area (Å²) in [5.41, 5.74) is 2.56. The summed E-state index contributed by atoms with van der Waals surface area (Å²) in [4.78, 5) is 12.4. The van der Waals surface area contributed by atoms with Crippen molar-refractivity contribution in [1.29, 1.82) is 0 Å². The van der Waals surface area contributed by atoms with Crippen molar-refractivity contribution in [1.82, 2.24) is 20.4 Å². The highest BCUT2D eigenvalue weighted by Gasteiger charge is 2.20. The summed E-state index contributed by atoms with van der Waals surface area (Å²) in [6, 6.07) is 7.91. The second-order valence-corrected chi connectivity index (χ2v) is 6.40. The van der Waals surface area contributed by atoms with Gasteiger partial charge in [0.25, 0.3) is 5.91 Å². The number of rotatable bonds is 5. The molecule has 0 unspecified atom stereocenters. The molecule has 2 N–H and O–H groups in total. The van der Waals surface area contributed by atoms with Gasteiger partial charge in [-0.2, -0.15) is 5.10 Å². The molecule has 2 heterocycles. The van der Waals surface area contributed by atoms with Gasteiger partial charge in [-0.3, -0.25) is 4.79 Å². The average molecular weight is 400 g/mol. The van der Waals surface area contributed by atoms with E-state index in [9.17, 15) is 4.79 Å². The third-order valence-corrected chi connectivity index (χ3v) is 4.47. The molecule has 1 aromatic heterocycles. The summed E-state index contributed by atoms with van der Waals surface area (Å²) in [6.45, 7) is 4.73. The van der Waals surface area contributed by atoms with Crippen LogP contribution in [0.4, 0.5) is 0 Å². The molecule has 1 aliphatic rings. The molecule has 0 atom stereocenters. The van der Waals surface area contributed by atoms with Crippen molar-refractivity contribution in [3.8, 4) is 5.69 Å². The molecule has 0 bridgehead atoms. The summed E-state index contributed by atoms with van der Waals surface area (Å²) < 4.78 is 2.86. The van der Waals surface area contributed by atoms with Crippen LogP contribution in [0.15, 0.2) is 34.9 Å². The number of carbonyl (C=O) groups is 1. The van der Waals surface area contributed by atoms with Crippen LogP contribution in [-0.2, 0) is 6.42 Å². The first-order valence-corrected chi connectivity index (χ1v) is 8.30. The number of nitrogens with one attached hydrogen (secondary N) is 2. The SMILES string of the molecule is CCc1c(C(=O)NCC2CNC2)cnn1-c1ccc(Br)cc1.Cl. The van der Waals surface area contributed by atoms with E-state index in [0.29, 0.717) is 11.5 Å². The molecule has 1 aromatic carbocycles. The van der Waals surface area contributed by atoms with Crippen LogP contribution in [0.3, 0.4) is 0 Å². The van der Waals surface area contributed by atoms with E-state index in [2.05, 4.69) is 31.7 Å². The number of amides is 1. The van der Waals surface area contributed by atoms with E-state index in [1.165, 1.54) is 0 Å². The maximum atomic E-state index is 12.4. The molecule has 1 fully saturated rings. The zero-order valence-electron chi connectivity index (χ0n) is 12.9. The second kappa shape index (κ2) is 7.95. The van der Waals surface area contributed by atoms with Crippen LogP contribution in [0.1, 0.15) is 23.0 Å². The Labute approximate surface area is 150 Å². The highest BCUT2D eigenvalue weighted by Crippen LogP contribution is 2.18. The topological polar surface area (TPSA) is 59.0 Å². The molecule has 0 saturated carbocycles. The second-order valence-electron chi connectivity index (χ2n) is 5.48. The van der Waals surface area contributed by atoms with Gasteiger partial charge >= 0.3 is 0 Å². The number of hydrogen-bond donors (Lipinski definition) is 2. The normalized spacial score (nSPS) is 14.0. The molecule has 7 heteroatoms. The molecule has 124 valence electrons. The first-order valence-electron chi connectivity index (χ1n) is 7.50. The van der Waals surface area contributed by atoms with Crippen LogP contribution in [0.5, 0.6) is 0 Å². The van der Waals surface area contributed by atoms with Crippen molar-refractivity contribution in [3.63, 3.8) is 0 Å². The van der Waals surface area contributed by atoms with Crippen LogP contribution >= 0.6 is 28.3 Å². The summed E-state index contributed by atoms with van der Waals surface area (Å²) in [6.07, 6.45) is 2.42. The maximum absolute atomic E-state index is 12.4. The van der Waals surface area contributed by atoms with E-state index < -0.39 is 0 Å². The van der Waals surface area contributed by atoms with Crippen LogP contribution in [0.2, 0.25) is 0 Å². The Morgan fingerprint density at radius 1 is 1.39 bits per heavy atom. The van der Waals surface area contributed by atoms with Gasteiger partial charge in [0.1, 0.15) is 0 Å². The van der Waals surface area contributed by atoms with Crippen LogP contribution in [0.25, 0.3) is 5.69 Å². The van der Waals surface area contributed by atoms with E-state index in [1.54, 1.807) is 6.20 Å². The van der Waals surface area contributed by atoms with Gasteiger partial charge in [-0.15, -0.1) is 12.4 Å². The van der Waals surface area contributed by atoms with Gasteiger partial charge in [-0.1, -0.05) is 22.9 Å². The van der Waals surface area contributed by atoms with E-state index in [4.69, 9.17) is 0 Å². The quantitative estimate of drug-likeness (QED) is 0.812. The molecular weight excluding hydrogens is 380 g/mol. The lowest BCUT2D eigenvalue weighted by atomic mass is 10.0. The molecule has 0 radical (unpaired) electrons. The minimum absolute atomic E-state index is 0. The summed E-state index contributed by atoms with van der Waals surface area (Å²) >= 11 is 3.43. The number of halogens is 2. The molecule has 5 nitrogen and oxygen atoms in total. The van der Waals surface area contributed by atoms with Crippen LogP contribution < -0.4 is 10.6 Å². The Bertz CT molecular complexity index is 667. The monoisotopic (exact) mass is 398 g/mol. The first-order chi connectivity index (χ1) is 10.7. The average Bonchev–Trinajstić information content (AvgIpc) is 2.90.